The fourth-order valence-electron chi connectivity index (χ4n) is 2.26. The predicted octanol–water partition coefficient (Wildman–Crippen LogP) is 0.813. The van der Waals surface area contributed by atoms with Crippen molar-refractivity contribution in [3.8, 4) is 0 Å². The van der Waals surface area contributed by atoms with Gasteiger partial charge in [0.1, 0.15) is 0 Å². The van der Waals surface area contributed by atoms with Crippen molar-refractivity contribution in [2.75, 3.05) is 26.3 Å². The molecule has 0 aromatic carbocycles. The Balaban J connectivity index is 2.13. The van der Waals surface area contributed by atoms with Gasteiger partial charge in [0.2, 0.25) is 0 Å². The van der Waals surface area contributed by atoms with Crippen molar-refractivity contribution in [1.82, 2.24) is 10.2 Å². The summed E-state index contributed by atoms with van der Waals surface area (Å²) in [7, 11) is 0. The van der Waals surface area contributed by atoms with Gasteiger partial charge >= 0.3 is 12.0 Å². The Hall–Kier alpha value is -1.34. The number of aliphatic carboxylic acids is 1. The van der Waals surface area contributed by atoms with E-state index in [0.717, 1.165) is 19.3 Å². The van der Waals surface area contributed by atoms with Gasteiger partial charge in [0.15, 0.2) is 0 Å². The van der Waals surface area contributed by atoms with Crippen molar-refractivity contribution in [1.29, 1.82) is 0 Å². The summed E-state index contributed by atoms with van der Waals surface area (Å²) < 4.78 is 5.39. The third-order valence-electron chi connectivity index (χ3n) is 3.56. The topological polar surface area (TPSA) is 99.1 Å². The van der Waals surface area contributed by atoms with Gasteiger partial charge in [-0.05, 0) is 19.8 Å². The number of ether oxygens (including phenoxy) is 1. The molecule has 1 aliphatic heterocycles. The van der Waals surface area contributed by atoms with E-state index in [1.54, 1.807) is 4.90 Å². The molecule has 2 atom stereocenters. The molecular weight excluding hydrogens is 276 g/mol. The smallest absolute Gasteiger partial charge is 0.317 e. The number of urea groups is 1. The van der Waals surface area contributed by atoms with E-state index in [4.69, 9.17) is 14.9 Å². The van der Waals surface area contributed by atoms with Crippen LogP contribution in [-0.2, 0) is 9.53 Å². The highest BCUT2D eigenvalue weighted by molar-refractivity contribution is 5.74. The van der Waals surface area contributed by atoms with Crippen LogP contribution in [0.5, 0.6) is 0 Å². The second-order valence-electron chi connectivity index (χ2n) is 5.43. The molecule has 0 bridgehead atoms. The molecule has 0 aromatic rings. The summed E-state index contributed by atoms with van der Waals surface area (Å²) in [5.74, 6) is -0.761. The van der Waals surface area contributed by atoms with E-state index in [-0.39, 0.29) is 31.2 Å². The number of carbonyl (C=O) groups excluding carboxylic acids is 1. The molecule has 3 N–H and O–H groups in total. The first-order chi connectivity index (χ1) is 10.0. The van der Waals surface area contributed by atoms with E-state index in [0.29, 0.717) is 26.1 Å². The lowest BCUT2D eigenvalue weighted by Crippen LogP contribution is -2.55. The van der Waals surface area contributed by atoms with Gasteiger partial charge in [-0.25, -0.2) is 4.79 Å². The summed E-state index contributed by atoms with van der Waals surface area (Å²) in [6.07, 6.45) is 3.20. The molecule has 1 heterocycles. The number of amides is 2. The molecule has 0 aliphatic carbocycles. The summed E-state index contributed by atoms with van der Waals surface area (Å²) in [4.78, 5) is 24.1. The Morgan fingerprint density at radius 3 is 2.67 bits per heavy atom. The van der Waals surface area contributed by atoms with E-state index in [2.05, 4.69) is 5.32 Å². The van der Waals surface area contributed by atoms with Gasteiger partial charge in [-0.1, -0.05) is 12.8 Å². The van der Waals surface area contributed by atoms with Crippen LogP contribution in [0, 0.1) is 0 Å². The largest absolute Gasteiger partial charge is 0.481 e. The molecule has 1 aliphatic rings. The number of hydrogen-bond donors (Lipinski definition) is 3. The number of nitrogens with one attached hydrogen (secondary N) is 1. The Kier molecular flexibility index (Phi) is 8.07. The zero-order valence-electron chi connectivity index (χ0n) is 12.6. The number of carboxylic acid groups (broad SMARTS) is 1. The Bertz CT molecular complexity index is 337. The monoisotopic (exact) mass is 302 g/mol. The van der Waals surface area contributed by atoms with Gasteiger partial charge in [0, 0.05) is 13.0 Å². The summed E-state index contributed by atoms with van der Waals surface area (Å²) >= 11 is 0. The Morgan fingerprint density at radius 2 is 2.00 bits per heavy atom. The van der Waals surface area contributed by atoms with E-state index in [1.165, 1.54) is 0 Å². The van der Waals surface area contributed by atoms with Crippen LogP contribution >= 0.6 is 0 Å². The van der Waals surface area contributed by atoms with Crippen LogP contribution in [0.2, 0.25) is 0 Å². The number of aliphatic hydroxyl groups excluding tert-OH is 1. The maximum atomic E-state index is 12.0. The van der Waals surface area contributed by atoms with Gasteiger partial charge < -0.3 is 25.2 Å². The lowest BCUT2D eigenvalue weighted by molar-refractivity contribution is -0.137. The number of aliphatic hydroxyl groups is 1. The van der Waals surface area contributed by atoms with Crippen LogP contribution in [0.25, 0.3) is 0 Å². The minimum atomic E-state index is -0.761. The lowest BCUT2D eigenvalue weighted by atomic mass is 10.1. The number of unbranched alkanes of at least 4 members (excludes halogenated alkanes) is 3. The molecule has 1 fully saturated rings. The second kappa shape index (κ2) is 9.57. The number of carbonyl (C=O) groups is 2. The molecule has 1 rings (SSSR count). The molecule has 0 saturated carbocycles. The summed E-state index contributed by atoms with van der Waals surface area (Å²) in [5, 5.41) is 20.5. The van der Waals surface area contributed by atoms with E-state index < -0.39 is 5.97 Å². The van der Waals surface area contributed by atoms with Crippen LogP contribution in [-0.4, -0.2) is 65.6 Å². The quantitative estimate of drug-likeness (QED) is 0.576. The Morgan fingerprint density at radius 1 is 1.29 bits per heavy atom. The standard InChI is InChI=1S/C14H26N2O5/c1-11-10-21-12(9-17)8-16(11)14(20)15-7-5-3-2-4-6-13(18)19/h11-12,17H,2-10H2,1H3,(H,15,20)(H,18,19). The van der Waals surface area contributed by atoms with Gasteiger partial charge in [0.25, 0.3) is 0 Å². The van der Waals surface area contributed by atoms with Crippen molar-refractivity contribution in [3.05, 3.63) is 0 Å². The first kappa shape index (κ1) is 17.7. The van der Waals surface area contributed by atoms with Crippen LogP contribution in [0.15, 0.2) is 0 Å². The maximum Gasteiger partial charge on any atom is 0.317 e. The summed E-state index contributed by atoms with van der Waals surface area (Å²) in [6, 6.07) is -0.127. The third kappa shape index (κ3) is 6.77. The maximum absolute atomic E-state index is 12.0. The van der Waals surface area contributed by atoms with Crippen LogP contribution < -0.4 is 5.32 Å². The molecule has 21 heavy (non-hydrogen) atoms. The van der Waals surface area contributed by atoms with Crippen molar-refractivity contribution in [3.63, 3.8) is 0 Å². The lowest BCUT2D eigenvalue weighted by Gasteiger charge is -2.37. The van der Waals surface area contributed by atoms with Gasteiger partial charge in [-0.2, -0.15) is 0 Å². The molecule has 2 amide bonds. The van der Waals surface area contributed by atoms with Gasteiger partial charge in [-0.15, -0.1) is 0 Å². The molecule has 0 radical (unpaired) electrons. The molecule has 0 spiro atoms. The first-order valence-electron chi connectivity index (χ1n) is 7.53. The van der Waals surface area contributed by atoms with Crippen molar-refractivity contribution < 1.29 is 24.5 Å². The fourth-order valence-corrected chi connectivity index (χ4v) is 2.26. The minimum absolute atomic E-state index is 0.00312. The zero-order chi connectivity index (χ0) is 15.7. The second-order valence-corrected chi connectivity index (χ2v) is 5.43. The van der Waals surface area contributed by atoms with Crippen LogP contribution in [0.4, 0.5) is 4.79 Å². The number of nitrogens with zero attached hydrogens (tertiary/aromatic N) is 1. The number of morpholine rings is 1. The number of rotatable bonds is 8. The van der Waals surface area contributed by atoms with E-state index in [1.807, 2.05) is 6.92 Å². The fraction of sp³-hybridized carbons (Fsp3) is 0.857. The summed E-state index contributed by atoms with van der Waals surface area (Å²) in [6.45, 7) is 3.26. The average Bonchev–Trinajstić information content (AvgIpc) is 2.46. The van der Waals surface area contributed by atoms with Crippen molar-refractivity contribution in [2.45, 2.75) is 51.2 Å². The SMILES string of the molecule is CC1COC(CO)CN1C(=O)NCCCCCCC(=O)O. The number of carboxylic acids is 1. The molecule has 0 aromatic heterocycles. The average molecular weight is 302 g/mol. The van der Waals surface area contributed by atoms with E-state index >= 15 is 0 Å². The van der Waals surface area contributed by atoms with Crippen LogP contribution in [0.3, 0.4) is 0 Å². The zero-order valence-corrected chi connectivity index (χ0v) is 12.6. The highest BCUT2D eigenvalue weighted by Gasteiger charge is 2.28. The third-order valence-corrected chi connectivity index (χ3v) is 3.56. The Labute approximate surface area is 125 Å². The molecule has 7 heteroatoms. The molecule has 7 nitrogen and oxygen atoms in total. The van der Waals surface area contributed by atoms with Crippen molar-refractivity contribution in [2.24, 2.45) is 0 Å². The molecule has 2 unspecified atom stereocenters. The highest BCUT2D eigenvalue weighted by Crippen LogP contribution is 2.11. The van der Waals surface area contributed by atoms with Crippen LogP contribution in [0.1, 0.15) is 39.0 Å². The normalized spacial score (nSPS) is 22.1. The van der Waals surface area contributed by atoms with E-state index in [9.17, 15) is 9.59 Å². The minimum Gasteiger partial charge on any atom is -0.481 e. The molecular formula is C14H26N2O5. The van der Waals surface area contributed by atoms with Gasteiger partial charge in [0.05, 0.1) is 31.9 Å². The molecule has 122 valence electrons. The predicted molar refractivity (Wildman–Crippen MR) is 77.1 cm³/mol. The summed E-state index contributed by atoms with van der Waals surface area (Å²) in [5.41, 5.74) is 0. The van der Waals surface area contributed by atoms with Gasteiger partial charge in [-0.3, -0.25) is 4.79 Å². The first-order valence-corrected chi connectivity index (χ1v) is 7.53. The molecule has 1 saturated heterocycles. The number of hydrogen-bond acceptors (Lipinski definition) is 4. The highest BCUT2D eigenvalue weighted by atomic mass is 16.5. The van der Waals surface area contributed by atoms with Crippen molar-refractivity contribution >= 4 is 12.0 Å².